The number of aryl methyl sites for hydroxylation is 2. The van der Waals surface area contributed by atoms with E-state index in [1.807, 2.05) is 42.5 Å². The summed E-state index contributed by atoms with van der Waals surface area (Å²) in [7, 11) is 0. The maximum atomic E-state index is 15.3. The summed E-state index contributed by atoms with van der Waals surface area (Å²) in [6.07, 6.45) is 5.67. The van der Waals surface area contributed by atoms with E-state index < -0.39 is 0 Å². The summed E-state index contributed by atoms with van der Waals surface area (Å²) >= 11 is 0. The fraction of sp³-hybridized carbons (Fsp3) is 0.226. The predicted molar refractivity (Wildman–Crippen MR) is 134 cm³/mol. The summed E-state index contributed by atoms with van der Waals surface area (Å²) in [6.45, 7) is 4.38. The van der Waals surface area contributed by atoms with Crippen molar-refractivity contribution in [2.24, 2.45) is 0 Å². The molecule has 32 heavy (non-hydrogen) atoms. The van der Waals surface area contributed by atoms with Crippen LogP contribution in [0.5, 0.6) is 0 Å². The molecule has 4 rings (SSSR count). The molecular weight excluding hydrogens is 391 g/mol. The van der Waals surface area contributed by atoms with Gasteiger partial charge < -0.3 is 0 Å². The van der Waals surface area contributed by atoms with E-state index in [4.69, 9.17) is 0 Å². The Morgan fingerprint density at radius 3 is 2.03 bits per heavy atom. The van der Waals surface area contributed by atoms with Crippen LogP contribution in [0.1, 0.15) is 55.4 Å². The molecular formula is C31H29F. The Morgan fingerprint density at radius 2 is 1.31 bits per heavy atom. The summed E-state index contributed by atoms with van der Waals surface area (Å²) in [6, 6.07) is 26.3. The highest BCUT2D eigenvalue weighted by molar-refractivity contribution is 5.89. The predicted octanol–water partition coefficient (Wildman–Crippen LogP) is 8.34. The van der Waals surface area contributed by atoms with Gasteiger partial charge in [0.1, 0.15) is 5.82 Å². The van der Waals surface area contributed by atoms with Crippen LogP contribution in [0.4, 0.5) is 4.39 Å². The molecule has 0 aliphatic rings. The van der Waals surface area contributed by atoms with Crippen molar-refractivity contribution < 1.29 is 4.39 Å². The van der Waals surface area contributed by atoms with Crippen molar-refractivity contribution in [1.29, 1.82) is 0 Å². The summed E-state index contributed by atoms with van der Waals surface area (Å²) in [5.41, 5.74) is 6.09. The number of fused-ring (bicyclic) bond motifs is 1. The molecule has 0 saturated carbocycles. The number of hydrogen-bond acceptors (Lipinski definition) is 0. The Balaban J connectivity index is 1.57. The van der Waals surface area contributed by atoms with E-state index in [1.165, 1.54) is 24.0 Å². The molecule has 4 aromatic rings. The molecule has 0 aliphatic heterocycles. The van der Waals surface area contributed by atoms with Crippen LogP contribution in [0.25, 0.3) is 21.9 Å². The first kappa shape index (κ1) is 21.8. The standard InChI is InChI=1S/C31H29F/c1-3-5-7-24-14-17-27(18-15-24)29-21-19-28-22-26(16-20-30(28)31(29)32)13-12-25-10-8-23(6-4-2)9-11-25/h8-11,14-22H,3-7H2,1-2H3. The zero-order valence-corrected chi connectivity index (χ0v) is 18.9. The van der Waals surface area contributed by atoms with Gasteiger partial charge in [-0.15, -0.1) is 0 Å². The minimum Gasteiger partial charge on any atom is -0.206 e. The topological polar surface area (TPSA) is 0 Å². The second-order valence-corrected chi connectivity index (χ2v) is 8.36. The average molecular weight is 421 g/mol. The molecule has 0 saturated heterocycles. The first-order chi connectivity index (χ1) is 15.7. The van der Waals surface area contributed by atoms with Crippen molar-refractivity contribution in [1.82, 2.24) is 0 Å². The summed E-state index contributed by atoms with van der Waals surface area (Å²) in [4.78, 5) is 0. The molecule has 0 radical (unpaired) electrons. The molecule has 4 aromatic carbocycles. The monoisotopic (exact) mass is 420 g/mol. The van der Waals surface area contributed by atoms with Gasteiger partial charge in [0.2, 0.25) is 0 Å². The second-order valence-electron chi connectivity index (χ2n) is 8.36. The lowest BCUT2D eigenvalue weighted by atomic mass is 9.97. The van der Waals surface area contributed by atoms with E-state index in [0.717, 1.165) is 41.3 Å². The maximum absolute atomic E-state index is 15.3. The Bertz CT molecular complexity index is 1250. The van der Waals surface area contributed by atoms with Gasteiger partial charge in [-0.05, 0) is 65.6 Å². The number of halogens is 1. The molecule has 0 bridgehead atoms. The van der Waals surface area contributed by atoms with E-state index >= 15 is 4.39 Å². The van der Waals surface area contributed by atoms with E-state index in [9.17, 15) is 0 Å². The second kappa shape index (κ2) is 10.3. The lowest BCUT2D eigenvalue weighted by molar-refractivity contribution is 0.643. The van der Waals surface area contributed by atoms with Crippen LogP contribution >= 0.6 is 0 Å². The van der Waals surface area contributed by atoms with Crippen LogP contribution in [-0.2, 0) is 12.8 Å². The van der Waals surface area contributed by atoms with Crippen molar-refractivity contribution >= 4 is 10.8 Å². The molecule has 0 fully saturated rings. The number of unbranched alkanes of at least 4 members (excludes halogenated alkanes) is 1. The van der Waals surface area contributed by atoms with E-state index in [1.54, 1.807) is 0 Å². The summed E-state index contributed by atoms with van der Waals surface area (Å²) in [5, 5.41) is 1.50. The smallest absolute Gasteiger partial charge is 0.138 e. The normalized spacial score (nSPS) is 10.7. The lowest BCUT2D eigenvalue weighted by Gasteiger charge is -2.09. The SMILES string of the molecule is CCCCc1ccc(-c2ccc3cc(C#Cc4ccc(CCC)cc4)ccc3c2F)cc1. The van der Waals surface area contributed by atoms with Gasteiger partial charge in [0.05, 0.1) is 0 Å². The zero-order chi connectivity index (χ0) is 22.3. The Hall–Kier alpha value is -3.37. The van der Waals surface area contributed by atoms with Crippen LogP contribution in [0.15, 0.2) is 78.9 Å². The molecule has 1 heteroatoms. The number of hydrogen-bond donors (Lipinski definition) is 0. The molecule has 0 aliphatic carbocycles. The Kier molecular flexibility index (Phi) is 7.03. The van der Waals surface area contributed by atoms with Gasteiger partial charge in [-0.3, -0.25) is 0 Å². The Labute approximate surface area is 191 Å². The van der Waals surface area contributed by atoms with Crippen LogP contribution in [-0.4, -0.2) is 0 Å². The fourth-order valence-corrected chi connectivity index (χ4v) is 4.01. The molecule has 0 spiro atoms. The zero-order valence-electron chi connectivity index (χ0n) is 18.9. The van der Waals surface area contributed by atoms with Gasteiger partial charge in [0, 0.05) is 22.1 Å². The van der Waals surface area contributed by atoms with Gasteiger partial charge in [-0.1, -0.05) is 93.1 Å². The third-order valence-corrected chi connectivity index (χ3v) is 5.88. The van der Waals surface area contributed by atoms with E-state index in [2.05, 4.69) is 62.1 Å². The van der Waals surface area contributed by atoms with Crippen molar-refractivity contribution in [2.45, 2.75) is 46.0 Å². The third kappa shape index (κ3) is 5.09. The lowest BCUT2D eigenvalue weighted by Crippen LogP contribution is -1.89. The van der Waals surface area contributed by atoms with Crippen LogP contribution in [0.3, 0.4) is 0 Å². The minimum atomic E-state index is -0.171. The fourth-order valence-electron chi connectivity index (χ4n) is 4.01. The van der Waals surface area contributed by atoms with Crippen LogP contribution < -0.4 is 0 Å². The van der Waals surface area contributed by atoms with Gasteiger partial charge in [-0.25, -0.2) is 4.39 Å². The number of rotatable bonds is 6. The highest BCUT2D eigenvalue weighted by Gasteiger charge is 2.10. The third-order valence-electron chi connectivity index (χ3n) is 5.88. The van der Waals surface area contributed by atoms with Gasteiger partial charge in [0.25, 0.3) is 0 Å². The Morgan fingerprint density at radius 1 is 0.656 bits per heavy atom. The van der Waals surface area contributed by atoms with Gasteiger partial charge >= 0.3 is 0 Å². The van der Waals surface area contributed by atoms with E-state index in [0.29, 0.717) is 10.9 Å². The molecule has 0 unspecified atom stereocenters. The van der Waals surface area contributed by atoms with Crippen molar-refractivity contribution in [3.8, 4) is 23.0 Å². The quantitative estimate of drug-likeness (QED) is 0.275. The molecule has 0 nitrogen and oxygen atoms in total. The highest BCUT2D eigenvalue weighted by atomic mass is 19.1. The molecule has 0 N–H and O–H groups in total. The summed E-state index contributed by atoms with van der Waals surface area (Å²) in [5.74, 6) is 6.27. The highest BCUT2D eigenvalue weighted by Crippen LogP contribution is 2.30. The van der Waals surface area contributed by atoms with Crippen LogP contribution in [0, 0.1) is 17.7 Å². The van der Waals surface area contributed by atoms with Crippen molar-refractivity contribution in [3.63, 3.8) is 0 Å². The summed E-state index contributed by atoms with van der Waals surface area (Å²) < 4.78 is 15.3. The molecule has 0 aromatic heterocycles. The van der Waals surface area contributed by atoms with E-state index in [-0.39, 0.29) is 5.82 Å². The molecule has 160 valence electrons. The molecule has 0 amide bonds. The first-order valence-electron chi connectivity index (χ1n) is 11.6. The van der Waals surface area contributed by atoms with Crippen LogP contribution in [0.2, 0.25) is 0 Å². The molecule has 0 atom stereocenters. The molecule has 0 heterocycles. The van der Waals surface area contributed by atoms with Gasteiger partial charge in [0.15, 0.2) is 0 Å². The van der Waals surface area contributed by atoms with Crippen molar-refractivity contribution in [3.05, 3.63) is 107 Å². The minimum absolute atomic E-state index is 0.171. The maximum Gasteiger partial charge on any atom is 0.138 e. The van der Waals surface area contributed by atoms with Gasteiger partial charge in [-0.2, -0.15) is 0 Å². The average Bonchev–Trinajstić information content (AvgIpc) is 2.83. The van der Waals surface area contributed by atoms with Crippen molar-refractivity contribution in [2.75, 3.05) is 0 Å². The largest absolute Gasteiger partial charge is 0.206 e. The first-order valence-corrected chi connectivity index (χ1v) is 11.6. The number of benzene rings is 4.